The van der Waals surface area contributed by atoms with Crippen molar-refractivity contribution >= 4 is 28.9 Å². The maximum atomic E-state index is 13.6. The molecule has 2 aromatic rings. The van der Waals surface area contributed by atoms with Crippen LogP contribution in [0.15, 0.2) is 30.3 Å². The third-order valence-corrected chi connectivity index (χ3v) is 4.37. The Morgan fingerprint density at radius 3 is 2.74 bits per heavy atom. The van der Waals surface area contributed by atoms with Crippen molar-refractivity contribution in [1.29, 1.82) is 0 Å². The highest BCUT2D eigenvalue weighted by atomic mass is 35.5. The number of hydrogen-bond donors (Lipinski definition) is 2. The SMILES string of the molecule is Nc1cc(CCN2CCc3ccc(Cl)cc3C2=O)cc(F)c1N. The quantitative estimate of drug-likeness (QED) is 0.848. The van der Waals surface area contributed by atoms with Crippen LogP contribution in [-0.4, -0.2) is 23.9 Å². The number of carbonyl (C=O) groups excluding carboxylic acids is 1. The number of hydrogen-bond acceptors (Lipinski definition) is 3. The van der Waals surface area contributed by atoms with Gasteiger partial charge in [0, 0.05) is 23.7 Å². The molecule has 4 nitrogen and oxygen atoms in total. The molecule has 0 fully saturated rings. The lowest BCUT2D eigenvalue weighted by molar-refractivity contribution is 0.0742. The lowest BCUT2D eigenvalue weighted by Crippen LogP contribution is -2.38. The number of benzene rings is 2. The van der Waals surface area contributed by atoms with Gasteiger partial charge in [0.15, 0.2) is 0 Å². The zero-order valence-electron chi connectivity index (χ0n) is 12.5. The number of amides is 1. The van der Waals surface area contributed by atoms with E-state index < -0.39 is 5.82 Å². The van der Waals surface area contributed by atoms with Gasteiger partial charge in [0.25, 0.3) is 5.91 Å². The third kappa shape index (κ3) is 3.10. The average Bonchev–Trinajstić information content (AvgIpc) is 2.52. The van der Waals surface area contributed by atoms with Crippen molar-refractivity contribution in [3.05, 3.63) is 57.9 Å². The molecule has 0 atom stereocenters. The summed E-state index contributed by atoms with van der Waals surface area (Å²) < 4.78 is 13.6. The van der Waals surface area contributed by atoms with E-state index in [-0.39, 0.29) is 17.3 Å². The van der Waals surface area contributed by atoms with Crippen LogP contribution in [0.25, 0.3) is 0 Å². The van der Waals surface area contributed by atoms with Gasteiger partial charge in [-0.05, 0) is 48.2 Å². The molecule has 120 valence electrons. The second kappa shape index (κ2) is 6.08. The normalized spacial score (nSPS) is 14.0. The Morgan fingerprint density at radius 1 is 1.22 bits per heavy atom. The maximum absolute atomic E-state index is 13.6. The van der Waals surface area contributed by atoms with Crippen molar-refractivity contribution < 1.29 is 9.18 Å². The molecule has 2 aromatic carbocycles. The van der Waals surface area contributed by atoms with E-state index >= 15 is 0 Å². The molecule has 4 N–H and O–H groups in total. The summed E-state index contributed by atoms with van der Waals surface area (Å²) in [6, 6.07) is 8.40. The summed E-state index contributed by atoms with van der Waals surface area (Å²) in [5.41, 5.74) is 13.7. The number of nitrogens with zero attached hydrogens (tertiary/aromatic N) is 1. The van der Waals surface area contributed by atoms with Gasteiger partial charge in [-0.3, -0.25) is 4.79 Å². The number of fused-ring (bicyclic) bond motifs is 1. The topological polar surface area (TPSA) is 72.3 Å². The van der Waals surface area contributed by atoms with Gasteiger partial charge in [0.05, 0.1) is 11.4 Å². The zero-order valence-corrected chi connectivity index (χ0v) is 13.2. The Morgan fingerprint density at radius 2 is 2.00 bits per heavy atom. The Bertz CT molecular complexity index is 755. The first-order valence-corrected chi connectivity index (χ1v) is 7.74. The second-order valence-electron chi connectivity index (χ2n) is 5.67. The van der Waals surface area contributed by atoms with Crippen LogP contribution in [0.1, 0.15) is 21.5 Å². The molecule has 1 heterocycles. The average molecular weight is 334 g/mol. The molecule has 0 aromatic heterocycles. The molecule has 0 spiro atoms. The van der Waals surface area contributed by atoms with E-state index in [4.69, 9.17) is 23.1 Å². The van der Waals surface area contributed by atoms with Crippen molar-refractivity contribution in [3.8, 4) is 0 Å². The van der Waals surface area contributed by atoms with Gasteiger partial charge < -0.3 is 16.4 Å². The summed E-state index contributed by atoms with van der Waals surface area (Å²) in [6.45, 7) is 1.13. The minimum Gasteiger partial charge on any atom is -0.397 e. The summed E-state index contributed by atoms with van der Waals surface area (Å²) >= 11 is 5.97. The van der Waals surface area contributed by atoms with Gasteiger partial charge in [0.2, 0.25) is 0 Å². The molecular weight excluding hydrogens is 317 g/mol. The first-order valence-electron chi connectivity index (χ1n) is 7.37. The van der Waals surface area contributed by atoms with E-state index in [1.807, 2.05) is 6.07 Å². The number of rotatable bonds is 3. The van der Waals surface area contributed by atoms with E-state index in [1.54, 1.807) is 23.1 Å². The first-order chi connectivity index (χ1) is 11.0. The van der Waals surface area contributed by atoms with Crippen molar-refractivity contribution in [3.63, 3.8) is 0 Å². The highest BCUT2D eigenvalue weighted by molar-refractivity contribution is 6.31. The van der Waals surface area contributed by atoms with Crippen LogP contribution in [0.5, 0.6) is 0 Å². The molecule has 0 bridgehead atoms. The minimum atomic E-state index is -0.526. The molecule has 6 heteroatoms. The summed E-state index contributed by atoms with van der Waals surface area (Å²) in [5, 5.41) is 0.548. The predicted molar refractivity (Wildman–Crippen MR) is 90.0 cm³/mol. The van der Waals surface area contributed by atoms with E-state index in [9.17, 15) is 9.18 Å². The Hall–Kier alpha value is -2.27. The summed E-state index contributed by atoms with van der Waals surface area (Å²) in [5.74, 6) is -0.570. The third-order valence-electron chi connectivity index (χ3n) is 4.13. The van der Waals surface area contributed by atoms with Crippen LogP contribution in [0.2, 0.25) is 5.02 Å². The van der Waals surface area contributed by atoms with E-state index in [1.165, 1.54) is 6.07 Å². The van der Waals surface area contributed by atoms with Gasteiger partial charge >= 0.3 is 0 Å². The molecule has 1 amide bonds. The summed E-state index contributed by atoms with van der Waals surface area (Å²) in [6.07, 6.45) is 1.31. The Kier molecular flexibility index (Phi) is 4.13. The highest BCUT2D eigenvalue weighted by Gasteiger charge is 2.24. The molecule has 3 rings (SSSR count). The maximum Gasteiger partial charge on any atom is 0.254 e. The Labute approximate surface area is 138 Å². The number of nitrogen functional groups attached to an aromatic ring is 2. The Balaban J connectivity index is 1.74. The first kappa shape index (κ1) is 15.6. The van der Waals surface area contributed by atoms with Crippen molar-refractivity contribution in [2.75, 3.05) is 24.6 Å². The van der Waals surface area contributed by atoms with Gasteiger partial charge in [-0.1, -0.05) is 17.7 Å². The monoisotopic (exact) mass is 333 g/mol. The van der Waals surface area contributed by atoms with E-state index in [0.717, 1.165) is 17.5 Å². The standard InChI is InChI=1S/C17H17ClFN3O/c18-12-2-1-11-4-6-22(17(23)13(11)9-12)5-3-10-7-14(19)16(21)15(20)8-10/h1-2,7-9H,3-6,20-21H2. The largest absolute Gasteiger partial charge is 0.397 e. The van der Waals surface area contributed by atoms with Crippen LogP contribution >= 0.6 is 11.6 Å². The highest BCUT2D eigenvalue weighted by Crippen LogP contribution is 2.24. The van der Waals surface area contributed by atoms with Crippen LogP contribution in [0.3, 0.4) is 0 Å². The molecule has 23 heavy (non-hydrogen) atoms. The van der Waals surface area contributed by atoms with Crippen LogP contribution < -0.4 is 11.5 Å². The predicted octanol–water partition coefficient (Wildman–Crippen LogP) is 2.88. The number of anilines is 2. The van der Waals surface area contributed by atoms with Gasteiger partial charge in [-0.25, -0.2) is 4.39 Å². The molecule has 0 unspecified atom stereocenters. The van der Waals surface area contributed by atoms with Crippen LogP contribution in [0.4, 0.5) is 15.8 Å². The van der Waals surface area contributed by atoms with Gasteiger partial charge in [-0.15, -0.1) is 0 Å². The number of carbonyl (C=O) groups is 1. The van der Waals surface area contributed by atoms with Gasteiger partial charge in [0.1, 0.15) is 5.82 Å². The number of nitrogens with two attached hydrogens (primary N) is 2. The smallest absolute Gasteiger partial charge is 0.254 e. The zero-order chi connectivity index (χ0) is 16.6. The molecule has 1 aliphatic rings. The fourth-order valence-electron chi connectivity index (χ4n) is 2.81. The van der Waals surface area contributed by atoms with E-state index in [0.29, 0.717) is 30.1 Å². The lowest BCUT2D eigenvalue weighted by atomic mass is 9.98. The van der Waals surface area contributed by atoms with Gasteiger partial charge in [-0.2, -0.15) is 0 Å². The van der Waals surface area contributed by atoms with Crippen LogP contribution in [-0.2, 0) is 12.8 Å². The van der Waals surface area contributed by atoms with Crippen molar-refractivity contribution in [2.24, 2.45) is 0 Å². The second-order valence-corrected chi connectivity index (χ2v) is 6.11. The van der Waals surface area contributed by atoms with Crippen LogP contribution in [0, 0.1) is 5.82 Å². The molecule has 0 radical (unpaired) electrons. The molecule has 0 saturated carbocycles. The molecular formula is C17H17ClFN3O. The fourth-order valence-corrected chi connectivity index (χ4v) is 2.98. The molecule has 0 saturated heterocycles. The van der Waals surface area contributed by atoms with Crippen molar-refractivity contribution in [1.82, 2.24) is 4.90 Å². The van der Waals surface area contributed by atoms with Crippen molar-refractivity contribution in [2.45, 2.75) is 12.8 Å². The number of halogens is 2. The molecule has 0 aliphatic carbocycles. The summed E-state index contributed by atoms with van der Waals surface area (Å²) in [4.78, 5) is 14.3. The lowest BCUT2D eigenvalue weighted by Gasteiger charge is -2.28. The van der Waals surface area contributed by atoms with E-state index in [2.05, 4.69) is 0 Å². The minimum absolute atomic E-state index is 0.0358. The summed E-state index contributed by atoms with van der Waals surface area (Å²) in [7, 11) is 0. The fraction of sp³-hybridized carbons (Fsp3) is 0.235. The molecule has 1 aliphatic heterocycles.